The van der Waals surface area contributed by atoms with Gasteiger partial charge in [-0.1, -0.05) is 12.1 Å². The summed E-state index contributed by atoms with van der Waals surface area (Å²) in [5.74, 6) is -1.12. The number of nitrogens with one attached hydrogen (secondary N) is 3. The molecule has 0 atom stereocenters. The van der Waals surface area contributed by atoms with Crippen molar-refractivity contribution < 1.29 is 13.7 Å². The summed E-state index contributed by atoms with van der Waals surface area (Å²) in [4.78, 5) is 39.9. The van der Waals surface area contributed by atoms with Gasteiger partial charge < -0.3 is 20.9 Å². The van der Waals surface area contributed by atoms with Crippen LogP contribution in [0, 0.1) is 5.92 Å². The van der Waals surface area contributed by atoms with Crippen molar-refractivity contribution in [3.63, 3.8) is 0 Å². The van der Waals surface area contributed by atoms with Gasteiger partial charge in [0.15, 0.2) is 11.5 Å². The van der Waals surface area contributed by atoms with Gasteiger partial charge >= 0.3 is 0 Å². The van der Waals surface area contributed by atoms with Gasteiger partial charge in [0, 0.05) is 54.8 Å². The van der Waals surface area contributed by atoms with Crippen LogP contribution in [-0.4, -0.2) is 45.8 Å². The van der Waals surface area contributed by atoms with Gasteiger partial charge in [0.25, 0.3) is 11.5 Å². The quantitative estimate of drug-likeness (QED) is 0.520. The minimum absolute atomic E-state index is 0.0799. The summed E-state index contributed by atoms with van der Waals surface area (Å²) in [5, 5.41) is 19.7. The van der Waals surface area contributed by atoms with Crippen LogP contribution in [0.4, 0.5) is 22.9 Å². The Morgan fingerprint density at radius 1 is 1.18 bits per heavy atom. The van der Waals surface area contributed by atoms with Crippen LogP contribution >= 0.6 is 0 Å². The number of rotatable bonds is 5. The Kier molecular flexibility index (Phi) is 4.41. The van der Waals surface area contributed by atoms with Crippen molar-refractivity contribution in [2.24, 2.45) is 13.0 Å². The Morgan fingerprint density at radius 3 is 2.76 bits per heavy atom. The fourth-order valence-electron chi connectivity index (χ4n) is 4.07. The molecule has 1 fully saturated rings. The molecule has 1 aromatic carbocycles. The third kappa shape index (κ3) is 3.74. The van der Waals surface area contributed by atoms with Gasteiger partial charge in [0.1, 0.15) is 0 Å². The first-order valence-corrected chi connectivity index (χ1v) is 10.7. The zero-order chi connectivity index (χ0) is 26.5. The average molecular weight is 464 g/mol. The maximum absolute atomic E-state index is 12.9. The highest BCUT2D eigenvalue weighted by molar-refractivity contribution is 6.01. The molecule has 0 saturated heterocycles. The standard InChI is InChI=1S/C23H24N8O3/c1-24-22(33)19-16(9-17(28-29-19)27-21(32)12-7-8-12)26-15-6-4-5-14-18-13(11-30(2)20(14)15)10-25-31(3)23(18)34/h4-6,9-10,12H,7-8,11H2,1-3H3,(H,24,33)(H2,26,27,28,32)/i1D3. The molecule has 3 N–H and O–H groups in total. The van der Waals surface area contributed by atoms with Crippen molar-refractivity contribution in [2.45, 2.75) is 19.4 Å². The summed E-state index contributed by atoms with van der Waals surface area (Å²) in [6.07, 6.45) is 3.25. The number of hydrogen-bond acceptors (Lipinski definition) is 8. The van der Waals surface area contributed by atoms with E-state index in [9.17, 15) is 14.4 Å². The van der Waals surface area contributed by atoms with Gasteiger partial charge in [-0.15, -0.1) is 10.2 Å². The molecule has 2 aliphatic rings. The number of anilines is 4. The maximum atomic E-state index is 12.9. The third-order valence-corrected chi connectivity index (χ3v) is 5.90. The first-order chi connectivity index (χ1) is 17.5. The molecule has 5 rings (SSSR count). The predicted molar refractivity (Wildman–Crippen MR) is 127 cm³/mol. The van der Waals surface area contributed by atoms with E-state index in [1.54, 1.807) is 25.4 Å². The average Bonchev–Trinajstić information content (AvgIpc) is 3.66. The van der Waals surface area contributed by atoms with E-state index in [4.69, 9.17) is 4.11 Å². The molecule has 0 radical (unpaired) electrons. The second-order valence-corrected chi connectivity index (χ2v) is 8.37. The lowest BCUT2D eigenvalue weighted by molar-refractivity contribution is -0.117. The molecule has 11 nitrogen and oxygen atoms in total. The van der Waals surface area contributed by atoms with Crippen LogP contribution in [0.2, 0.25) is 0 Å². The fourth-order valence-corrected chi connectivity index (χ4v) is 4.07. The van der Waals surface area contributed by atoms with E-state index in [2.05, 4.69) is 25.9 Å². The van der Waals surface area contributed by atoms with E-state index in [0.29, 0.717) is 29.0 Å². The van der Waals surface area contributed by atoms with Crippen molar-refractivity contribution >= 4 is 34.7 Å². The van der Waals surface area contributed by atoms with Gasteiger partial charge in [-0.05, 0) is 18.9 Å². The molecule has 0 unspecified atom stereocenters. The highest BCUT2D eigenvalue weighted by Gasteiger charge is 2.30. The molecule has 3 heterocycles. The highest BCUT2D eigenvalue weighted by atomic mass is 16.2. The molecular formula is C23H24N8O3. The molecule has 2 aromatic heterocycles. The number of aryl methyl sites for hydroxylation is 1. The normalized spacial score (nSPS) is 15.8. The van der Waals surface area contributed by atoms with Crippen LogP contribution in [-0.2, 0) is 18.4 Å². The minimum atomic E-state index is -2.74. The summed E-state index contributed by atoms with van der Waals surface area (Å²) < 4.78 is 23.4. The molecule has 0 bridgehead atoms. The van der Waals surface area contributed by atoms with Gasteiger partial charge in [-0.2, -0.15) is 5.10 Å². The fraction of sp³-hybridized carbons (Fsp3) is 0.304. The molecule has 0 spiro atoms. The molecule has 3 aromatic rings. The molecule has 1 aliphatic carbocycles. The summed E-state index contributed by atoms with van der Waals surface area (Å²) in [6.45, 7) is -2.31. The predicted octanol–water partition coefficient (Wildman–Crippen LogP) is 1.64. The first kappa shape index (κ1) is 18.2. The zero-order valence-electron chi connectivity index (χ0n) is 21.5. The van der Waals surface area contributed by atoms with E-state index in [1.807, 2.05) is 23.3 Å². The first-order valence-electron chi connectivity index (χ1n) is 12.2. The van der Waals surface area contributed by atoms with Crippen molar-refractivity contribution in [2.75, 3.05) is 29.6 Å². The van der Waals surface area contributed by atoms with Crippen LogP contribution in [0.15, 0.2) is 35.3 Å². The maximum Gasteiger partial charge on any atom is 0.274 e. The molecular weight excluding hydrogens is 436 g/mol. The van der Waals surface area contributed by atoms with Gasteiger partial charge in [-0.25, -0.2) is 4.68 Å². The van der Waals surface area contributed by atoms with E-state index >= 15 is 0 Å². The van der Waals surface area contributed by atoms with Crippen LogP contribution in [0.3, 0.4) is 0 Å². The van der Waals surface area contributed by atoms with E-state index in [-0.39, 0.29) is 34.6 Å². The number of fused-ring (bicyclic) bond motifs is 3. The van der Waals surface area contributed by atoms with Gasteiger partial charge in [0.05, 0.1) is 28.8 Å². The second-order valence-electron chi connectivity index (χ2n) is 8.37. The van der Waals surface area contributed by atoms with Crippen molar-refractivity contribution in [1.82, 2.24) is 25.3 Å². The lowest BCUT2D eigenvalue weighted by atomic mass is 9.95. The molecule has 174 valence electrons. The third-order valence-electron chi connectivity index (χ3n) is 5.90. The van der Waals surface area contributed by atoms with Crippen molar-refractivity contribution in [3.05, 3.63) is 52.1 Å². The number of nitrogens with zero attached hydrogens (tertiary/aromatic N) is 5. The Balaban J connectivity index is 1.58. The number of aromatic nitrogens is 4. The SMILES string of the molecule is [2H]C([2H])([2H])NC(=O)c1nnc(NC(=O)C2CC2)cc1Nc1cccc2c1N(C)Cc1cnn(C)c(=O)c1-2. The molecule has 11 heteroatoms. The summed E-state index contributed by atoms with van der Waals surface area (Å²) in [7, 11) is 3.44. The number of hydrogen-bond donors (Lipinski definition) is 3. The number of para-hydroxylation sites is 1. The highest BCUT2D eigenvalue weighted by Crippen LogP contribution is 2.42. The van der Waals surface area contributed by atoms with Crippen LogP contribution in [0.1, 0.15) is 33.0 Å². The molecule has 1 aliphatic heterocycles. The van der Waals surface area contributed by atoms with E-state index in [1.165, 1.54) is 10.7 Å². The molecule has 34 heavy (non-hydrogen) atoms. The summed E-state index contributed by atoms with van der Waals surface area (Å²) in [5.41, 5.74) is 2.85. The Bertz CT molecular complexity index is 1480. The minimum Gasteiger partial charge on any atom is -0.368 e. The van der Waals surface area contributed by atoms with Crippen molar-refractivity contribution in [1.29, 1.82) is 0 Å². The van der Waals surface area contributed by atoms with Crippen LogP contribution in [0.25, 0.3) is 11.1 Å². The topological polar surface area (TPSA) is 134 Å². The summed E-state index contributed by atoms with van der Waals surface area (Å²) >= 11 is 0. The van der Waals surface area contributed by atoms with Gasteiger partial charge in [0.2, 0.25) is 5.91 Å². The number of amides is 2. The zero-order valence-corrected chi connectivity index (χ0v) is 18.5. The number of carbonyl (C=O) groups excluding carboxylic acids is 2. The Hall–Kier alpha value is -4.28. The van der Waals surface area contributed by atoms with Crippen molar-refractivity contribution in [3.8, 4) is 11.1 Å². The van der Waals surface area contributed by atoms with Gasteiger partial charge in [-0.3, -0.25) is 14.4 Å². The Morgan fingerprint density at radius 2 is 2.00 bits per heavy atom. The van der Waals surface area contributed by atoms with E-state index in [0.717, 1.165) is 18.4 Å². The smallest absolute Gasteiger partial charge is 0.274 e. The molecule has 2 amide bonds. The van der Waals surface area contributed by atoms with Crippen LogP contribution < -0.4 is 26.4 Å². The summed E-state index contributed by atoms with van der Waals surface area (Å²) in [6, 6.07) is 6.78. The Labute approximate surface area is 199 Å². The molecule has 1 saturated carbocycles. The lowest BCUT2D eigenvalue weighted by Gasteiger charge is -2.31. The van der Waals surface area contributed by atoms with Crippen LogP contribution in [0.5, 0.6) is 0 Å². The number of carbonyl (C=O) groups is 2. The second kappa shape index (κ2) is 8.25. The largest absolute Gasteiger partial charge is 0.368 e. The monoisotopic (exact) mass is 463 g/mol. The lowest BCUT2D eigenvalue weighted by Crippen LogP contribution is -2.30. The van der Waals surface area contributed by atoms with E-state index < -0.39 is 12.9 Å². The number of benzene rings is 1.